The number of carbonyl (C=O) groups excluding carboxylic acids is 1. The van der Waals surface area contributed by atoms with Gasteiger partial charge in [-0.2, -0.15) is 4.98 Å². The van der Waals surface area contributed by atoms with Gasteiger partial charge in [0.25, 0.3) is 5.88 Å². The number of halogens is 4. The van der Waals surface area contributed by atoms with Gasteiger partial charge in [0.2, 0.25) is 18.2 Å². The van der Waals surface area contributed by atoms with Crippen LogP contribution in [0.4, 0.5) is 13.2 Å². The predicted molar refractivity (Wildman–Crippen MR) is 103 cm³/mol. The van der Waals surface area contributed by atoms with Gasteiger partial charge < -0.3 is 20.1 Å². The first kappa shape index (κ1) is 23.5. The zero-order valence-electron chi connectivity index (χ0n) is 16.3. The maximum Gasteiger partial charge on any atom is 0.254 e. The molecule has 3 rings (SSSR count). The summed E-state index contributed by atoms with van der Waals surface area (Å²) in [5.41, 5.74) is 0.403. The van der Waals surface area contributed by atoms with Crippen LogP contribution in [0.3, 0.4) is 0 Å². The van der Waals surface area contributed by atoms with Crippen LogP contribution in [0.2, 0.25) is 0 Å². The number of carbonyl (C=O) groups is 1. The number of alkyl halides is 2. The van der Waals surface area contributed by atoms with Gasteiger partial charge in [0.15, 0.2) is 5.82 Å². The molecule has 2 heterocycles. The first-order valence-electron chi connectivity index (χ1n) is 9.67. The average molecular weight is 438 g/mol. The molecular weight excluding hydrogens is 411 g/mol. The summed E-state index contributed by atoms with van der Waals surface area (Å²) in [6.07, 6.45) is 0.611. The van der Waals surface area contributed by atoms with Crippen molar-refractivity contribution < 1.29 is 27.4 Å². The maximum atomic E-state index is 14.5. The van der Waals surface area contributed by atoms with E-state index >= 15 is 0 Å². The van der Waals surface area contributed by atoms with Crippen molar-refractivity contribution in [2.45, 2.75) is 63.6 Å². The number of nitrogens with zero attached hydrogens (tertiary/aromatic N) is 1. The van der Waals surface area contributed by atoms with Crippen LogP contribution in [0.5, 0.6) is 11.8 Å². The summed E-state index contributed by atoms with van der Waals surface area (Å²) in [6, 6.07) is 1.00. The number of rotatable bonds is 7. The van der Waals surface area contributed by atoms with E-state index in [-0.39, 0.29) is 48.8 Å². The second-order valence-corrected chi connectivity index (χ2v) is 7.30. The summed E-state index contributed by atoms with van der Waals surface area (Å²) in [6.45, 7) is 0.896. The molecule has 0 radical (unpaired) electrons. The van der Waals surface area contributed by atoms with Crippen LogP contribution in [0, 0.1) is 11.7 Å². The number of pyridine rings is 1. The van der Waals surface area contributed by atoms with E-state index in [9.17, 15) is 18.0 Å². The SMILES string of the molecule is COc1nc(OC2CCC(C(F)F)CC2)c(F)cc1CNC(=O)[C@@H]1CCCN1.Cl. The topological polar surface area (TPSA) is 72.5 Å². The smallest absolute Gasteiger partial charge is 0.254 e. The third kappa shape index (κ3) is 6.12. The number of nitrogens with one attached hydrogen (secondary N) is 2. The fourth-order valence-corrected chi connectivity index (χ4v) is 3.71. The first-order chi connectivity index (χ1) is 13.5. The molecule has 164 valence electrons. The Bertz CT molecular complexity index is 682. The van der Waals surface area contributed by atoms with E-state index in [1.165, 1.54) is 13.2 Å². The van der Waals surface area contributed by atoms with Crippen LogP contribution >= 0.6 is 12.4 Å². The van der Waals surface area contributed by atoms with Gasteiger partial charge in [0.1, 0.15) is 6.10 Å². The Hall–Kier alpha value is -1.74. The first-order valence-corrected chi connectivity index (χ1v) is 9.67. The molecule has 0 aromatic carbocycles. The molecule has 0 spiro atoms. The summed E-state index contributed by atoms with van der Waals surface area (Å²) in [4.78, 5) is 16.2. The average Bonchev–Trinajstić information content (AvgIpc) is 3.23. The van der Waals surface area contributed by atoms with Gasteiger partial charge in [-0.15, -0.1) is 12.4 Å². The fraction of sp³-hybridized carbons (Fsp3) is 0.684. The molecule has 6 nitrogen and oxygen atoms in total. The zero-order valence-corrected chi connectivity index (χ0v) is 17.1. The highest BCUT2D eigenvalue weighted by molar-refractivity contribution is 5.85. The predicted octanol–water partition coefficient (Wildman–Crippen LogP) is 3.22. The Balaban J connectivity index is 0.00000300. The lowest BCUT2D eigenvalue weighted by Gasteiger charge is -2.28. The van der Waals surface area contributed by atoms with Gasteiger partial charge in [0.05, 0.1) is 13.2 Å². The van der Waals surface area contributed by atoms with Crippen molar-refractivity contribution in [3.63, 3.8) is 0 Å². The third-order valence-electron chi connectivity index (χ3n) is 5.36. The van der Waals surface area contributed by atoms with Gasteiger partial charge in [-0.05, 0) is 51.1 Å². The number of aromatic nitrogens is 1. The largest absolute Gasteiger partial charge is 0.481 e. The Morgan fingerprint density at radius 3 is 2.59 bits per heavy atom. The minimum Gasteiger partial charge on any atom is -0.481 e. The maximum absolute atomic E-state index is 14.5. The third-order valence-corrected chi connectivity index (χ3v) is 5.36. The molecule has 0 unspecified atom stereocenters. The van der Waals surface area contributed by atoms with E-state index in [1.807, 2.05) is 0 Å². The molecule has 1 aromatic rings. The van der Waals surface area contributed by atoms with Crippen LogP contribution in [0.1, 0.15) is 44.1 Å². The van der Waals surface area contributed by atoms with Crippen molar-refractivity contribution in [2.24, 2.45) is 5.92 Å². The second kappa shape index (κ2) is 10.9. The van der Waals surface area contributed by atoms with Gasteiger partial charge in [-0.25, -0.2) is 13.2 Å². The van der Waals surface area contributed by atoms with Crippen LogP contribution in [0.15, 0.2) is 6.07 Å². The Morgan fingerprint density at radius 2 is 2.00 bits per heavy atom. The monoisotopic (exact) mass is 437 g/mol. The molecule has 1 aliphatic heterocycles. The van der Waals surface area contributed by atoms with Crippen molar-refractivity contribution >= 4 is 18.3 Å². The van der Waals surface area contributed by atoms with Crippen molar-refractivity contribution in [1.82, 2.24) is 15.6 Å². The molecule has 29 heavy (non-hydrogen) atoms. The van der Waals surface area contributed by atoms with Crippen molar-refractivity contribution in [3.8, 4) is 11.8 Å². The van der Waals surface area contributed by atoms with E-state index < -0.39 is 18.2 Å². The fourth-order valence-electron chi connectivity index (χ4n) is 3.71. The van der Waals surface area contributed by atoms with Gasteiger partial charge >= 0.3 is 0 Å². The molecular formula is C19H27ClF3N3O3. The van der Waals surface area contributed by atoms with E-state index in [4.69, 9.17) is 9.47 Å². The Kier molecular flexibility index (Phi) is 8.82. The zero-order chi connectivity index (χ0) is 20.1. The summed E-state index contributed by atoms with van der Waals surface area (Å²) >= 11 is 0. The highest BCUT2D eigenvalue weighted by Gasteiger charge is 2.29. The highest BCUT2D eigenvalue weighted by Crippen LogP contribution is 2.32. The number of ether oxygens (including phenoxy) is 2. The number of hydrogen-bond acceptors (Lipinski definition) is 5. The van der Waals surface area contributed by atoms with E-state index in [0.717, 1.165) is 19.4 Å². The molecule has 2 aliphatic rings. The van der Waals surface area contributed by atoms with Gasteiger partial charge in [-0.3, -0.25) is 4.79 Å². The van der Waals surface area contributed by atoms with Crippen molar-refractivity contribution in [2.75, 3.05) is 13.7 Å². The second-order valence-electron chi connectivity index (χ2n) is 7.30. The lowest BCUT2D eigenvalue weighted by Crippen LogP contribution is -2.40. The molecule has 0 bridgehead atoms. The van der Waals surface area contributed by atoms with Gasteiger partial charge in [0, 0.05) is 18.0 Å². The molecule has 1 saturated carbocycles. The summed E-state index contributed by atoms with van der Waals surface area (Å²) in [7, 11) is 1.40. The van der Waals surface area contributed by atoms with E-state index in [1.54, 1.807) is 0 Å². The summed E-state index contributed by atoms with van der Waals surface area (Å²) in [5.74, 6) is -1.47. The molecule has 1 atom stereocenters. The molecule has 2 fully saturated rings. The lowest BCUT2D eigenvalue weighted by atomic mass is 9.88. The Labute approximate surface area is 174 Å². The summed E-state index contributed by atoms with van der Waals surface area (Å²) in [5, 5.41) is 5.86. The Morgan fingerprint density at radius 1 is 1.28 bits per heavy atom. The molecule has 1 amide bonds. The van der Waals surface area contributed by atoms with Crippen molar-refractivity contribution in [3.05, 3.63) is 17.4 Å². The van der Waals surface area contributed by atoms with Crippen LogP contribution in [-0.2, 0) is 11.3 Å². The standard InChI is InChI=1S/C19H26F3N3O3.ClH/c1-27-18-12(10-24-17(26)15-3-2-8-23-15)9-14(20)19(25-18)28-13-6-4-11(5-7-13)16(21)22;/h9,11,13,15-16,23H,2-8,10H2,1H3,(H,24,26);1H/t11?,13?,15-;/m0./s1. The number of hydrogen-bond donors (Lipinski definition) is 2. The number of methoxy groups -OCH3 is 1. The molecule has 2 N–H and O–H groups in total. The quantitative estimate of drug-likeness (QED) is 0.685. The minimum atomic E-state index is -2.33. The number of amides is 1. The lowest BCUT2D eigenvalue weighted by molar-refractivity contribution is -0.122. The van der Waals surface area contributed by atoms with Gasteiger partial charge in [-0.1, -0.05) is 0 Å². The molecule has 10 heteroatoms. The van der Waals surface area contributed by atoms with Crippen LogP contribution in [-0.4, -0.2) is 43.1 Å². The minimum absolute atomic E-state index is 0. The van der Waals surface area contributed by atoms with Crippen LogP contribution < -0.4 is 20.1 Å². The van der Waals surface area contributed by atoms with E-state index in [0.29, 0.717) is 31.2 Å². The normalized spacial score (nSPS) is 24.1. The van der Waals surface area contributed by atoms with Crippen LogP contribution in [0.25, 0.3) is 0 Å². The summed E-state index contributed by atoms with van der Waals surface area (Å²) < 4.78 is 50.8. The highest BCUT2D eigenvalue weighted by atomic mass is 35.5. The molecule has 1 saturated heterocycles. The molecule has 1 aliphatic carbocycles. The van der Waals surface area contributed by atoms with Crippen molar-refractivity contribution in [1.29, 1.82) is 0 Å². The molecule has 1 aromatic heterocycles. The van der Waals surface area contributed by atoms with E-state index in [2.05, 4.69) is 15.6 Å².